The summed E-state index contributed by atoms with van der Waals surface area (Å²) in [4.78, 5) is 2.34. The van der Waals surface area contributed by atoms with Crippen molar-refractivity contribution in [1.29, 1.82) is 0 Å². The number of hydrogen-bond donors (Lipinski definition) is 1. The van der Waals surface area contributed by atoms with E-state index < -0.39 is 0 Å². The Balaban J connectivity index is 1.77. The molecule has 1 heterocycles. The van der Waals surface area contributed by atoms with Crippen LogP contribution in [0, 0.1) is 0 Å². The van der Waals surface area contributed by atoms with Crippen LogP contribution in [0.3, 0.4) is 0 Å². The predicted molar refractivity (Wildman–Crippen MR) is 88.3 cm³/mol. The van der Waals surface area contributed by atoms with Crippen molar-refractivity contribution in [3.63, 3.8) is 0 Å². The quantitative estimate of drug-likeness (QED) is 0.930. The largest absolute Gasteiger partial charge is 0.379 e. The summed E-state index contributed by atoms with van der Waals surface area (Å²) in [5.74, 6) is 0. The standard InChI is InChI=1S/C17H19ClN2O/c18-15-6-7-17(20-8-10-21-11-9-20)16(12-15)19-13-14-4-2-1-3-5-14/h1-7,12,19H,8-11,13H2. The molecule has 2 aromatic rings. The molecule has 0 saturated carbocycles. The van der Waals surface area contributed by atoms with Gasteiger partial charge in [-0.1, -0.05) is 41.9 Å². The number of anilines is 2. The monoisotopic (exact) mass is 302 g/mol. The van der Waals surface area contributed by atoms with E-state index in [0.29, 0.717) is 0 Å². The second-order valence-electron chi connectivity index (χ2n) is 5.10. The Morgan fingerprint density at radius 2 is 1.81 bits per heavy atom. The van der Waals surface area contributed by atoms with Crippen molar-refractivity contribution in [2.45, 2.75) is 6.54 Å². The number of morpholine rings is 1. The van der Waals surface area contributed by atoms with E-state index in [1.54, 1.807) is 0 Å². The van der Waals surface area contributed by atoms with E-state index in [2.05, 4.69) is 40.5 Å². The van der Waals surface area contributed by atoms with Gasteiger partial charge in [0.05, 0.1) is 24.6 Å². The molecule has 21 heavy (non-hydrogen) atoms. The van der Waals surface area contributed by atoms with E-state index in [0.717, 1.165) is 43.6 Å². The second-order valence-corrected chi connectivity index (χ2v) is 5.54. The van der Waals surface area contributed by atoms with Crippen molar-refractivity contribution in [1.82, 2.24) is 0 Å². The molecule has 0 amide bonds. The minimum Gasteiger partial charge on any atom is -0.379 e. The number of nitrogens with zero attached hydrogens (tertiary/aromatic N) is 1. The van der Waals surface area contributed by atoms with E-state index in [-0.39, 0.29) is 0 Å². The fourth-order valence-corrected chi connectivity index (χ4v) is 2.70. The molecule has 3 rings (SSSR count). The number of halogens is 1. The van der Waals surface area contributed by atoms with Crippen molar-refractivity contribution in [2.75, 3.05) is 36.5 Å². The summed E-state index contributed by atoms with van der Waals surface area (Å²) in [5.41, 5.74) is 3.53. The lowest BCUT2D eigenvalue weighted by Gasteiger charge is -2.30. The maximum Gasteiger partial charge on any atom is 0.0642 e. The summed E-state index contributed by atoms with van der Waals surface area (Å²) in [6.45, 7) is 4.18. The van der Waals surface area contributed by atoms with Gasteiger partial charge < -0.3 is 15.0 Å². The first-order valence-corrected chi connectivity index (χ1v) is 7.61. The topological polar surface area (TPSA) is 24.5 Å². The highest BCUT2D eigenvalue weighted by Crippen LogP contribution is 2.30. The first-order valence-electron chi connectivity index (χ1n) is 7.23. The van der Waals surface area contributed by atoms with Gasteiger partial charge in [0.1, 0.15) is 0 Å². The molecule has 0 aliphatic carbocycles. The molecule has 0 atom stereocenters. The molecule has 2 aromatic carbocycles. The van der Waals surface area contributed by atoms with Gasteiger partial charge in [0.2, 0.25) is 0 Å². The summed E-state index contributed by atoms with van der Waals surface area (Å²) in [5, 5.41) is 4.25. The van der Waals surface area contributed by atoms with Crippen LogP contribution in [-0.4, -0.2) is 26.3 Å². The zero-order valence-corrected chi connectivity index (χ0v) is 12.6. The first kappa shape index (κ1) is 14.2. The van der Waals surface area contributed by atoms with Crippen molar-refractivity contribution in [3.8, 4) is 0 Å². The molecule has 110 valence electrons. The Kier molecular flexibility index (Phi) is 4.63. The number of ether oxygens (including phenoxy) is 1. The van der Waals surface area contributed by atoms with Gasteiger partial charge in [-0.15, -0.1) is 0 Å². The van der Waals surface area contributed by atoms with Crippen LogP contribution < -0.4 is 10.2 Å². The smallest absolute Gasteiger partial charge is 0.0642 e. The summed E-state index contributed by atoms with van der Waals surface area (Å²) in [6.07, 6.45) is 0. The molecule has 0 aromatic heterocycles. The molecule has 1 N–H and O–H groups in total. The molecule has 0 radical (unpaired) electrons. The second kappa shape index (κ2) is 6.83. The highest BCUT2D eigenvalue weighted by atomic mass is 35.5. The van der Waals surface area contributed by atoms with E-state index in [4.69, 9.17) is 16.3 Å². The van der Waals surface area contributed by atoms with Crippen molar-refractivity contribution < 1.29 is 4.74 Å². The van der Waals surface area contributed by atoms with Crippen LogP contribution in [-0.2, 0) is 11.3 Å². The van der Waals surface area contributed by atoms with Crippen molar-refractivity contribution in [2.24, 2.45) is 0 Å². The summed E-state index contributed by atoms with van der Waals surface area (Å²) >= 11 is 6.15. The van der Waals surface area contributed by atoms with E-state index >= 15 is 0 Å². The van der Waals surface area contributed by atoms with Gasteiger partial charge in [-0.25, -0.2) is 0 Å². The fraction of sp³-hybridized carbons (Fsp3) is 0.294. The van der Waals surface area contributed by atoms with Crippen LogP contribution >= 0.6 is 11.6 Å². The molecule has 0 unspecified atom stereocenters. The number of nitrogens with one attached hydrogen (secondary N) is 1. The number of rotatable bonds is 4. The van der Waals surface area contributed by atoms with Crippen LogP contribution in [0.2, 0.25) is 5.02 Å². The van der Waals surface area contributed by atoms with Gasteiger partial charge >= 0.3 is 0 Å². The van der Waals surface area contributed by atoms with E-state index in [1.807, 2.05) is 18.2 Å². The normalized spacial score (nSPS) is 15.0. The molecule has 3 nitrogen and oxygen atoms in total. The lowest BCUT2D eigenvalue weighted by atomic mass is 10.2. The first-order chi connectivity index (χ1) is 10.3. The highest BCUT2D eigenvalue weighted by molar-refractivity contribution is 6.31. The Hall–Kier alpha value is -1.71. The molecule has 0 spiro atoms. The lowest BCUT2D eigenvalue weighted by molar-refractivity contribution is 0.123. The molecule has 0 bridgehead atoms. The van der Waals surface area contributed by atoms with Crippen molar-refractivity contribution >= 4 is 23.0 Å². The van der Waals surface area contributed by atoms with Gasteiger partial charge in [0.15, 0.2) is 0 Å². The molecule has 4 heteroatoms. The van der Waals surface area contributed by atoms with Gasteiger partial charge in [-0.3, -0.25) is 0 Å². The Bertz CT molecular complexity index is 583. The number of hydrogen-bond acceptors (Lipinski definition) is 3. The van der Waals surface area contributed by atoms with Crippen LogP contribution in [0.1, 0.15) is 5.56 Å². The molecular weight excluding hydrogens is 284 g/mol. The average molecular weight is 303 g/mol. The lowest BCUT2D eigenvalue weighted by Crippen LogP contribution is -2.36. The summed E-state index contributed by atoms with van der Waals surface area (Å²) in [6, 6.07) is 16.4. The minimum absolute atomic E-state index is 0.752. The molecule has 1 aliphatic heterocycles. The van der Waals surface area contributed by atoms with Crippen molar-refractivity contribution in [3.05, 3.63) is 59.1 Å². The van der Waals surface area contributed by atoms with Gasteiger partial charge in [0, 0.05) is 24.7 Å². The van der Waals surface area contributed by atoms with Gasteiger partial charge in [-0.2, -0.15) is 0 Å². The Morgan fingerprint density at radius 3 is 2.57 bits per heavy atom. The number of benzene rings is 2. The summed E-state index contributed by atoms with van der Waals surface area (Å²) < 4.78 is 5.43. The zero-order valence-electron chi connectivity index (χ0n) is 11.9. The fourth-order valence-electron chi connectivity index (χ4n) is 2.52. The SMILES string of the molecule is Clc1ccc(N2CCOCC2)c(NCc2ccccc2)c1. The van der Waals surface area contributed by atoms with Gasteiger partial charge in [-0.05, 0) is 23.8 Å². The molecule has 1 aliphatic rings. The van der Waals surface area contributed by atoms with Crippen LogP contribution in [0.25, 0.3) is 0 Å². The zero-order chi connectivity index (χ0) is 14.5. The Morgan fingerprint density at radius 1 is 1.05 bits per heavy atom. The average Bonchev–Trinajstić information content (AvgIpc) is 2.55. The third-order valence-electron chi connectivity index (χ3n) is 3.64. The minimum atomic E-state index is 0.752. The maximum atomic E-state index is 6.15. The van der Waals surface area contributed by atoms with Crippen LogP contribution in [0.5, 0.6) is 0 Å². The highest BCUT2D eigenvalue weighted by Gasteiger charge is 2.15. The molecule has 1 saturated heterocycles. The third kappa shape index (κ3) is 3.69. The molecule has 1 fully saturated rings. The summed E-state index contributed by atoms with van der Waals surface area (Å²) in [7, 11) is 0. The van der Waals surface area contributed by atoms with Crippen LogP contribution in [0.15, 0.2) is 48.5 Å². The predicted octanol–water partition coefficient (Wildman–Crippen LogP) is 3.79. The molecular formula is C17H19ClN2O. The third-order valence-corrected chi connectivity index (χ3v) is 3.87. The Labute approximate surface area is 130 Å². The maximum absolute atomic E-state index is 6.15. The van der Waals surface area contributed by atoms with Crippen LogP contribution in [0.4, 0.5) is 11.4 Å². The van der Waals surface area contributed by atoms with E-state index in [1.165, 1.54) is 11.3 Å². The van der Waals surface area contributed by atoms with E-state index in [9.17, 15) is 0 Å². The van der Waals surface area contributed by atoms with Gasteiger partial charge in [0.25, 0.3) is 0 Å².